The summed E-state index contributed by atoms with van der Waals surface area (Å²) >= 11 is 0. The maximum absolute atomic E-state index is 12.3. The molecule has 26 heavy (non-hydrogen) atoms. The number of aliphatic hydroxyl groups is 2. The van der Waals surface area contributed by atoms with E-state index < -0.39 is 17.1 Å². The Bertz CT molecular complexity index is 736. The highest BCUT2D eigenvalue weighted by molar-refractivity contribution is 6.01. The second-order valence-electron chi connectivity index (χ2n) is 9.70. The molecule has 3 saturated carbocycles. The average Bonchev–Trinajstić information content (AvgIpc) is 2.81. The second kappa shape index (κ2) is 5.39. The Hall–Kier alpha value is -1.26. The van der Waals surface area contributed by atoms with Crippen LogP contribution in [0.15, 0.2) is 23.8 Å². The van der Waals surface area contributed by atoms with Gasteiger partial charge in [-0.25, -0.2) is 0 Å². The number of allylic oxidation sites excluding steroid dienone is 4. The predicted molar refractivity (Wildman–Crippen MR) is 98.2 cm³/mol. The zero-order chi connectivity index (χ0) is 19.1. The smallest absolute Gasteiger partial charge is 0.178 e. The number of carbonyl (C=O) groups excluding carboxylic acids is 2. The van der Waals surface area contributed by atoms with Crippen molar-refractivity contribution in [1.29, 1.82) is 0 Å². The fraction of sp³-hybridized carbons (Fsp3) is 0.727. The van der Waals surface area contributed by atoms with Gasteiger partial charge in [0.2, 0.25) is 0 Å². The highest BCUT2D eigenvalue weighted by Crippen LogP contribution is 2.67. The third-order valence-electron chi connectivity index (χ3n) is 8.55. The third-order valence-corrected chi connectivity index (χ3v) is 8.55. The van der Waals surface area contributed by atoms with Crippen molar-refractivity contribution in [3.8, 4) is 0 Å². The van der Waals surface area contributed by atoms with Gasteiger partial charge in [0.05, 0.1) is 6.10 Å². The Morgan fingerprint density at radius 1 is 1.31 bits per heavy atom. The zero-order valence-corrected chi connectivity index (χ0v) is 16.2. The minimum atomic E-state index is -1.33. The molecule has 4 aliphatic rings. The molecule has 4 rings (SSSR count). The van der Waals surface area contributed by atoms with E-state index in [1.165, 1.54) is 6.92 Å². The van der Waals surface area contributed by atoms with Crippen LogP contribution >= 0.6 is 0 Å². The summed E-state index contributed by atoms with van der Waals surface area (Å²) < 4.78 is 0. The molecule has 0 radical (unpaired) electrons. The summed E-state index contributed by atoms with van der Waals surface area (Å²) in [6.45, 7) is 7.79. The van der Waals surface area contributed by atoms with Crippen LogP contribution in [0.4, 0.5) is 0 Å². The highest BCUT2D eigenvalue weighted by atomic mass is 16.3. The molecule has 0 amide bonds. The largest absolute Gasteiger partial charge is 0.393 e. The maximum atomic E-state index is 12.3. The number of fused-ring (bicyclic) bond motifs is 5. The van der Waals surface area contributed by atoms with E-state index in [0.717, 1.165) is 18.4 Å². The Morgan fingerprint density at radius 2 is 2.00 bits per heavy atom. The molecule has 3 fully saturated rings. The Balaban J connectivity index is 1.80. The Morgan fingerprint density at radius 3 is 2.65 bits per heavy atom. The first-order chi connectivity index (χ1) is 12.0. The fourth-order valence-electron chi connectivity index (χ4n) is 7.33. The molecule has 0 aromatic heterocycles. The van der Waals surface area contributed by atoms with Gasteiger partial charge in [-0.15, -0.1) is 0 Å². The molecule has 0 bridgehead atoms. The quantitative estimate of drug-likeness (QED) is 0.756. The molecule has 0 spiro atoms. The van der Waals surface area contributed by atoms with Gasteiger partial charge in [-0.1, -0.05) is 32.4 Å². The van der Waals surface area contributed by atoms with Gasteiger partial charge >= 0.3 is 0 Å². The number of ketones is 2. The predicted octanol–water partition coefficient (Wildman–Crippen LogP) is 2.83. The van der Waals surface area contributed by atoms with E-state index in [-0.39, 0.29) is 40.7 Å². The highest BCUT2D eigenvalue weighted by Gasteiger charge is 2.68. The van der Waals surface area contributed by atoms with Crippen LogP contribution in [0.5, 0.6) is 0 Å². The topological polar surface area (TPSA) is 74.6 Å². The number of rotatable bonds is 1. The van der Waals surface area contributed by atoms with Crippen LogP contribution < -0.4 is 0 Å². The summed E-state index contributed by atoms with van der Waals surface area (Å²) in [5.74, 6) is 0.609. The summed E-state index contributed by atoms with van der Waals surface area (Å²) in [5, 5.41) is 22.4. The summed E-state index contributed by atoms with van der Waals surface area (Å²) in [6.07, 6.45) is 7.46. The molecule has 4 nitrogen and oxygen atoms in total. The first kappa shape index (κ1) is 18.1. The number of hydrogen-bond donors (Lipinski definition) is 2. The molecule has 142 valence electrons. The van der Waals surface area contributed by atoms with Crippen LogP contribution in [0, 0.1) is 34.5 Å². The maximum Gasteiger partial charge on any atom is 0.178 e. The monoisotopic (exact) mass is 358 g/mol. The van der Waals surface area contributed by atoms with Crippen molar-refractivity contribution in [3.63, 3.8) is 0 Å². The lowest BCUT2D eigenvalue weighted by atomic mass is 9.45. The van der Waals surface area contributed by atoms with Crippen LogP contribution in [0.3, 0.4) is 0 Å². The standard InChI is InChI=1S/C22H30O4/c1-12-9-15-16-6-8-22(26,13(2)23)21(16,4)11-18(25)19(15)20(3)7-5-14(24)10-17(12)20/h5,7,10,12,15-16,18-19,25-26H,6,8-9,11H2,1-4H3/t12-,15?,16?,18-,19+,20-,21-,22-/m0/s1. The van der Waals surface area contributed by atoms with Gasteiger partial charge in [0.25, 0.3) is 0 Å². The van der Waals surface area contributed by atoms with Crippen molar-refractivity contribution in [2.24, 2.45) is 34.5 Å². The van der Waals surface area contributed by atoms with Crippen LogP contribution in [0.2, 0.25) is 0 Å². The summed E-state index contributed by atoms with van der Waals surface area (Å²) in [4.78, 5) is 24.2. The first-order valence-corrected chi connectivity index (χ1v) is 9.91. The first-order valence-electron chi connectivity index (χ1n) is 9.91. The number of hydrogen-bond acceptors (Lipinski definition) is 4. The Labute approximate surface area is 155 Å². The summed E-state index contributed by atoms with van der Waals surface area (Å²) in [5.41, 5.74) is -1.10. The minimum Gasteiger partial charge on any atom is -0.393 e. The lowest BCUT2D eigenvalue weighted by Gasteiger charge is -2.60. The van der Waals surface area contributed by atoms with Crippen molar-refractivity contribution < 1.29 is 19.8 Å². The molecule has 8 atom stereocenters. The van der Waals surface area contributed by atoms with Crippen LogP contribution in [0.1, 0.15) is 53.4 Å². The molecule has 4 aliphatic carbocycles. The van der Waals surface area contributed by atoms with Crippen LogP contribution in [-0.2, 0) is 9.59 Å². The molecular weight excluding hydrogens is 328 g/mol. The van der Waals surface area contributed by atoms with Gasteiger partial charge in [-0.05, 0) is 62.5 Å². The van der Waals surface area contributed by atoms with E-state index in [1.807, 2.05) is 13.0 Å². The van der Waals surface area contributed by atoms with Gasteiger partial charge in [-0.3, -0.25) is 9.59 Å². The number of carbonyl (C=O) groups is 2. The molecule has 0 aromatic rings. The second-order valence-corrected chi connectivity index (χ2v) is 9.70. The number of aliphatic hydroxyl groups excluding tert-OH is 1. The van der Waals surface area contributed by atoms with E-state index in [1.54, 1.807) is 12.2 Å². The van der Waals surface area contributed by atoms with Gasteiger partial charge in [0, 0.05) is 16.7 Å². The fourth-order valence-corrected chi connectivity index (χ4v) is 7.33. The van der Waals surface area contributed by atoms with Gasteiger partial charge < -0.3 is 10.2 Å². The van der Waals surface area contributed by atoms with Crippen molar-refractivity contribution in [2.75, 3.05) is 0 Å². The summed E-state index contributed by atoms with van der Waals surface area (Å²) in [6, 6.07) is 0. The van der Waals surface area contributed by atoms with Crippen molar-refractivity contribution in [1.82, 2.24) is 0 Å². The molecular formula is C22H30O4. The van der Waals surface area contributed by atoms with Gasteiger partial charge in [0.15, 0.2) is 11.6 Å². The van der Waals surface area contributed by atoms with Crippen LogP contribution in [-0.4, -0.2) is 33.5 Å². The molecule has 0 heterocycles. The van der Waals surface area contributed by atoms with Crippen LogP contribution in [0.25, 0.3) is 0 Å². The molecule has 0 aliphatic heterocycles. The normalized spacial score (nSPS) is 52.8. The molecule has 0 saturated heterocycles. The molecule has 2 unspecified atom stereocenters. The minimum absolute atomic E-state index is 0.0293. The molecule has 2 N–H and O–H groups in total. The SMILES string of the molecule is CC(=O)[C@@]1(O)CCC2C3C[C@H](C)C4=CC(=O)C=C[C@]4(C)[C@H]3[C@@H](O)C[C@@]21C. The van der Waals surface area contributed by atoms with Gasteiger partial charge in [-0.2, -0.15) is 0 Å². The van der Waals surface area contributed by atoms with E-state index in [4.69, 9.17) is 0 Å². The number of Topliss-reactive ketones (excluding diaryl/α,β-unsaturated/α-hetero) is 1. The van der Waals surface area contributed by atoms with E-state index in [0.29, 0.717) is 12.8 Å². The van der Waals surface area contributed by atoms with E-state index in [2.05, 4.69) is 13.8 Å². The van der Waals surface area contributed by atoms with Crippen molar-refractivity contribution >= 4 is 11.6 Å². The van der Waals surface area contributed by atoms with E-state index in [9.17, 15) is 19.8 Å². The molecule has 0 aromatic carbocycles. The molecule has 4 heteroatoms. The average molecular weight is 358 g/mol. The van der Waals surface area contributed by atoms with E-state index >= 15 is 0 Å². The summed E-state index contributed by atoms with van der Waals surface area (Å²) in [7, 11) is 0. The Kier molecular flexibility index (Phi) is 3.75. The third kappa shape index (κ3) is 2.03. The van der Waals surface area contributed by atoms with Crippen molar-refractivity contribution in [2.45, 2.75) is 65.1 Å². The van der Waals surface area contributed by atoms with Crippen molar-refractivity contribution in [3.05, 3.63) is 23.8 Å². The lowest BCUT2D eigenvalue weighted by molar-refractivity contribution is -0.176. The van der Waals surface area contributed by atoms with Gasteiger partial charge in [0.1, 0.15) is 5.60 Å². The lowest BCUT2D eigenvalue weighted by Crippen LogP contribution is -2.61. The zero-order valence-electron chi connectivity index (χ0n) is 16.2.